The minimum Gasteiger partial charge on any atom is -0.353 e. The molecule has 0 unspecified atom stereocenters. The maximum Gasteiger partial charge on any atom is 0.361 e. The Kier molecular flexibility index (Phi) is 13.0. The second-order valence-corrected chi connectivity index (χ2v) is 4.03. The van der Waals surface area contributed by atoms with E-state index in [1.807, 2.05) is 20.8 Å². The lowest BCUT2D eigenvalue weighted by molar-refractivity contribution is -0.123. The van der Waals surface area contributed by atoms with Gasteiger partial charge in [0.25, 0.3) is 0 Å². The molecule has 0 atom stereocenters. The number of hydrogen-bond donors (Lipinski definition) is 0. The van der Waals surface area contributed by atoms with Gasteiger partial charge in [-0.25, -0.2) is 9.59 Å². The molecule has 4 amide bonds. The fourth-order valence-corrected chi connectivity index (χ4v) is 0.782. The zero-order valence-electron chi connectivity index (χ0n) is 13.4. The van der Waals surface area contributed by atoms with Crippen LogP contribution in [-0.2, 0) is 9.47 Å². The van der Waals surface area contributed by atoms with E-state index in [0.717, 1.165) is 13.2 Å². The number of ether oxygens (including phenoxy) is 2. The van der Waals surface area contributed by atoms with Crippen LogP contribution in [0.1, 0.15) is 20.8 Å². The minimum atomic E-state index is -0.551. The first-order chi connectivity index (χ1) is 9.26. The van der Waals surface area contributed by atoms with Crippen LogP contribution in [0, 0.1) is 0 Å². The third kappa shape index (κ3) is 12.9. The largest absolute Gasteiger partial charge is 0.361 e. The normalized spacial score (nSPS) is 10.2. The first kappa shape index (κ1) is 20.8. The van der Waals surface area contributed by atoms with E-state index < -0.39 is 12.1 Å². The number of carbonyl (C=O) groups excluding carboxylic acids is 2. The van der Waals surface area contributed by atoms with Gasteiger partial charge in [0.05, 0.1) is 0 Å². The summed E-state index contributed by atoms with van der Waals surface area (Å²) < 4.78 is 10.1. The molecule has 0 N–H and O–H groups in total. The predicted octanol–water partition coefficient (Wildman–Crippen LogP) is 2.21. The SMILES string of the molecule is CCOC(C)OCC.CN(C)C(=O)N=NC(=O)N(C)C. The fourth-order valence-electron chi connectivity index (χ4n) is 0.782. The van der Waals surface area contributed by atoms with Crippen LogP contribution in [0.5, 0.6) is 0 Å². The van der Waals surface area contributed by atoms with Crippen LogP contribution < -0.4 is 0 Å². The van der Waals surface area contributed by atoms with Gasteiger partial charge in [0.15, 0.2) is 6.29 Å². The second-order valence-electron chi connectivity index (χ2n) is 4.03. The average Bonchev–Trinajstić information content (AvgIpc) is 2.36. The van der Waals surface area contributed by atoms with Crippen LogP contribution in [0.3, 0.4) is 0 Å². The topological polar surface area (TPSA) is 83.8 Å². The average molecular weight is 290 g/mol. The molecule has 0 aliphatic heterocycles. The molecule has 20 heavy (non-hydrogen) atoms. The fraction of sp³-hybridized carbons (Fsp3) is 0.833. The molecule has 8 nitrogen and oxygen atoms in total. The second kappa shape index (κ2) is 12.5. The van der Waals surface area contributed by atoms with E-state index in [0.29, 0.717) is 0 Å². The lowest BCUT2D eigenvalue weighted by Crippen LogP contribution is -2.20. The summed E-state index contributed by atoms with van der Waals surface area (Å²) in [6.45, 7) is 7.25. The molecule has 0 saturated heterocycles. The molecular weight excluding hydrogens is 264 g/mol. The maximum absolute atomic E-state index is 10.8. The number of nitrogens with zero attached hydrogens (tertiary/aromatic N) is 4. The minimum absolute atomic E-state index is 0.0370. The van der Waals surface area contributed by atoms with Crippen molar-refractivity contribution in [2.75, 3.05) is 41.4 Å². The van der Waals surface area contributed by atoms with E-state index >= 15 is 0 Å². The summed E-state index contributed by atoms with van der Waals surface area (Å²) in [5.41, 5.74) is 0. The van der Waals surface area contributed by atoms with Gasteiger partial charge in [-0.05, 0) is 20.8 Å². The van der Waals surface area contributed by atoms with Gasteiger partial charge in [-0.2, -0.15) is 0 Å². The third-order valence-electron chi connectivity index (χ3n) is 1.79. The Hall–Kier alpha value is -1.54. The molecule has 0 heterocycles. The van der Waals surface area contributed by atoms with Crippen LogP contribution in [0.25, 0.3) is 0 Å². The highest BCUT2D eigenvalue weighted by atomic mass is 16.7. The third-order valence-corrected chi connectivity index (χ3v) is 1.79. The highest BCUT2D eigenvalue weighted by Crippen LogP contribution is 1.90. The Morgan fingerprint density at radius 2 is 1.20 bits per heavy atom. The van der Waals surface area contributed by atoms with E-state index in [1.54, 1.807) is 0 Å². The van der Waals surface area contributed by atoms with Crippen molar-refractivity contribution >= 4 is 12.1 Å². The Morgan fingerprint density at radius 3 is 1.40 bits per heavy atom. The van der Waals surface area contributed by atoms with Gasteiger partial charge < -0.3 is 19.3 Å². The molecule has 0 rings (SSSR count). The van der Waals surface area contributed by atoms with E-state index in [9.17, 15) is 9.59 Å². The zero-order chi connectivity index (χ0) is 16.1. The van der Waals surface area contributed by atoms with Gasteiger partial charge in [0.2, 0.25) is 0 Å². The van der Waals surface area contributed by atoms with E-state index in [-0.39, 0.29) is 6.29 Å². The van der Waals surface area contributed by atoms with Crippen LogP contribution in [0.2, 0.25) is 0 Å². The first-order valence-corrected chi connectivity index (χ1v) is 6.33. The Balaban J connectivity index is 0. The summed E-state index contributed by atoms with van der Waals surface area (Å²) >= 11 is 0. The number of urea groups is 2. The number of carbonyl (C=O) groups is 2. The Labute approximate surface area is 120 Å². The molecule has 0 bridgehead atoms. The van der Waals surface area contributed by atoms with Crippen molar-refractivity contribution in [1.82, 2.24) is 9.80 Å². The summed E-state index contributed by atoms with van der Waals surface area (Å²) in [6.07, 6.45) is -0.0370. The summed E-state index contributed by atoms with van der Waals surface area (Å²) in [7, 11) is 6.12. The summed E-state index contributed by atoms with van der Waals surface area (Å²) in [6, 6.07) is -1.10. The monoisotopic (exact) mass is 290 g/mol. The molecule has 0 radical (unpaired) electrons. The molecule has 0 aliphatic carbocycles. The van der Waals surface area contributed by atoms with E-state index in [1.165, 1.54) is 38.0 Å². The van der Waals surface area contributed by atoms with Crippen molar-refractivity contribution in [3.63, 3.8) is 0 Å². The van der Waals surface area contributed by atoms with Gasteiger partial charge in [0, 0.05) is 41.4 Å². The van der Waals surface area contributed by atoms with Crippen molar-refractivity contribution in [2.24, 2.45) is 10.2 Å². The van der Waals surface area contributed by atoms with Crippen molar-refractivity contribution in [3.05, 3.63) is 0 Å². The van der Waals surface area contributed by atoms with Gasteiger partial charge >= 0.3 is 12.1 Å². The summed E-state index contributed by atoms with van der Waals surface area (Å²) in [5.74, 6) is 0. The molecule has 0 aromatic heterocycles. The molecule has 0 spiro atoms. The molecule has 8 heteroatoms. The van der Waals surface area contributed by atoms with Gasteiger partial charge in [-0.15, -0.1) is 0 Å². The predicted molar refractivity (Wildman–Crippen MR) is 75.7 cm³/mol. The van der Waals surface area contributed by atoms with Gasteiger partial charge in [-0.1, -0.05) is 10.2 Å². The molecular formula is C12H26N4O4. The molecule has 0 aromatic rings. The Morgan fingerprint density at radius 1 is 0.900 bits per heavy atom. The number of amides is 4. The molecule has 0 saturated carbocycles. The number of rotatable bonds is 4. The molecule has 0 aliphatic rings. The smallest absolute Gasteiger partial charge is 0.353 e. The molecule has 118 valence electrons. The highest BCUT2D eigenvalue weighted by molar-refractivity contribution is 5.79. The first-order valence-electron chi connectivity index (χ1n) is 6.33. The summed E-state index contributed by atoms with van der Waals surface area (Å²) in [4.78, 5) is 24.0. The highest BCUT2D eigenvalue weighted by Gasteiger charge is 2.03. The lowest BCUT2D eigenvalue weighted by Gasteiger charge is -2.09. The van der Waals surface area contributed by atoms with Crippen LogP contribution in [0.4, 0.5) is 9.59 Å². The quantitative estimate of drug-likeness (QED) is 0.587. The van der Waals surface area contributed by atoms with Crippen molar-refractivity contribution in [3.8, 4) is 0 Å². The summed E-state index contributed by atoms with van der Waals surface area (Å²) in [5, 5.41) is 6.33. The van der Waals surface area contributed by atoms with Crippen molar-refractivity contribution in [2.45, 2.75) is 27.1 Å². The lowest BCUT2D eigenvalue weighted by atomic mass is 10.7. The Bertz CT molecular complexity index is 278. The molecule has 0 fully saturated rings. The zero-order valence-corrected chi connectivity index (χ0v) is 13.4. The van der Waals surface area contributed by atoms with Crippen LogP contribution in [0.15, 0.2) is 10.2 Å². The van der Waals surface area contributed by atoms with Crippen molar-refractivity contribution < 1.29 is 19.1 Å². The standard InChI is InChI=1S/C6H12N4O2.C6H14O2/c1-9(2)5(11)7-8-6(12)10(3)4;1-4-7-6(3)8-5-2/h1-4H3;6H,4-5H2,1-3H3. The van der Waals surface area contributed by atoms with Crippen molar-refractivity contribution in [1.29, 1.82) is 0 Å². The van der Waals surface area contributed by atoms with E-state index in [4.69, 9.17) is 9.47 Å². The van der Waals surface area contributed by atoms with E-state index in [2.05, 4.69) is 10.2 Å². The number of azo groups is 1. The molecule has 0 aromatic carbocycles. The van der Waals surface area contributed by atoms with Gasteiger partial charge in [0.1, 0.15) is 0 Å². The van der Waals surface area contributed by atoms with Crippen LogP contribution >= 0.6 is 0 Å². The number of hydrogen-bond acceptors (Lipinski definition) is 4. The van der Waals surface area contributed by atoms with Crippen LogP contribution in [-0.4, -0.2) is 69.6 Å². The van der Waals surface area contributed by atoms with Gasteiger partial charge in [-0.3, -0.25) is 0 Å². The maximum atomic E-state index is 10.8.